The minimum Gasteiger partial charge on any atom is -0.386 e. The van der Waals surface area contributed by atoms with E-state index in [2.05, 4.69) is 17.9 Å². The van der Waals surface area contributed by atoms with Crippen molar-refractivity contribution < 1.29 is 33.8 Å². The van der Waals surface area contributed by atoms with Crippen molar-refractivity contribution >= 4 is 11.9 Å². The van der Waals surface area contributed by atoms with Crippen LogP contribution in [0.25, 0.3) is 0 Å². The van der Waals surface area contributed by atoms with Crippen LogP contribution >= 0.6 is 0 Å². The third-order valence-electron chi connectivity index (χ3n) is 0.708. The SMILES string of the molecule is C=CC(=O)OC(=O)C(=C)C.[Zn]. The van der Waals surface area contributed by atoms with Crippen LogP contribution in [0.5, 0.6) is 0 Å². The molecule has 0 saturated carbocycles. The molecular formula is C7H8O3Zn. The van der Waals surface area contributed by atoms with Crippen LogP contribution in [0.3, 0.4) is 0 Å². The van der Waals surface area contributed by atoms with Crippen LogP contribution in [0.4, 0.5) is 0 Å². The van der Waals surface area contributed by atoms with E-state index in [1.807, 2.05) is 0 Å². The molecule has 0 unspecified atom stereocenters. The first kappa shape index (κ1) is 12.9. The minimum absolute atomic E-state index is 0. The van der Waals surface area contributed by atoms with Crippen molar-refractivity contribution in [3.05, 3.63) is 24.8 Å². The normalized spacial score (nSPS) is 7.36. The number of esters is 2. The maximum absolute atomic E-state index is 10.5. The molecule has 0 heterocycles. The van der Waals surface area contributed by atoms with E-state index < -0.39 is 11.9 Å². The van der Waals surface area contributed by atoms with Gasteiger partial charge in [0.05, 0.1) is 0 Å². The van der Waals surface area contributed by atoms with E-state index in [1.165, 1.54) is 6.92 Å². The number of carbonyl (C=O) groups excluding carboxylic acids is 2. The molecule has 0 aliphatic carbocycles. The third-order valence-corrected chi connectivity index (χ3v) is 0.708. The monoisotopic (exact) mass is 204 g/mol. The molecule has 0 aliphatic heterocycles. The van der Waals surface area contributed by atoms with E-state index in [0.717, 1.165) is 6.08 Å². The van der Waals surface area contributed by atoms with Gasteiger partial charge in [-0.2, -0.15) is 0 Å². The summed E-state index contributed by atoms with van der Waals surface area (Å²) in [6.07, 6.45) is 0.918. The number of carbonyl (C=O) groups is 2. The van der Waals surface area contributed by atoms with Crippen LogP contribution in [0.15, 0.2) is 24.8 Å². The Morgan fingerprint density at radius 3 is 2.18 bits per heavy atom. The first-order chi connectivity index (χ1) is 4.57. The van der Waals surface area contributed by atoms with Crippen molar-refractivity contribution in [3.63, 3.8) is 0 Å². The molecule has 0 spiro atoms. The molecule has 0 aliphatic rings. The Kier molecular flexibility index (Phi) is 7.01. The van der Waals surface area contributed by atoms with Gasteiger partial charge in [0.25, 0.3) is 0 Å². The van der Waals surface area contributed by atoms with Crippen LogP contribution in [-0.2, 0) is 33.8 Å². The Morgan fingerprint density at radius 1 is 1.45 bits per heavy atom. The molecule has 0 bridgehead atoms. The van der Waals surface area contributed by atoms with E-state index >= 15 is 0 Å². The summed E-state index contributed by atoms with van der Waals surface area (Å²) in [4.78, 5) is 20.8. The number of ether oxygens (including phenoxy) is 1. The zero-order chi connectivity index (χ0) is 8.15. The first-order valence-electron chi connectivity index (χ1n) is 2.62. The first-order valence-corrected chi connectivity index (χ1v) is 2.62. The van der Waals surface area contributed by atoms with E-state index in [-0.39, 0.29) is 25.1 Å². The van der Waals surface area contributed by atoms with Crippen LogP contribution in [-0.4, -0.2) is 11.9 Å². The average molecular weight is 206 g/mol. The molecule has 0 aromatic rings. The van der Waals surface area contributed by atoms with Gasteiger partial charge in [0.1, 0.15) is 0 Å². The van der Waals surface area contributed by atoms with Gasteiger partial charge in [0.2, 0.25) is 0 Å². The second-order valence-electron chi connectivity index (χ2n) is 1.69. The van der Waals surface area contributed by atoms with Crippen molar-refractivity contribution in [3.8, 4) is 0 Å². The third kappa shape index (κ3) is 5.68. The summed E-state index contributed by atoms with van der Waals surface area (Å²) in [5.41, 5.74) is 0.190. The summed E-state index contributed by atoms with van der Waals surface area (Å²) in [6, 6.07) is 0. The zero-order valence-electron chi connectivity index (χ0n) is 6.42. The fraction of sp³-hybridized carbons (Fsp3) is 0.143. The topological polar surface area (TPSA) is 43.4 Å². The summed E-state index contributed by atoms with van der Waals surface area (Å²) in [6.45, 7) is 7.85. The Labute approximate surface area is 77.9 Å². The number of rotatable bonds is 2. The maximum atomic E-state index is 10.5. The largest absolute Gasteiger partial charge is 0.386 e. The van der Waals surface area contributed by atoms with E-state index in [0.29, 0.717) is 0 Å². The van der Waals surface area contributed by atoms with Crippen LogP contribution in [0.2, 0.25) is 0 Å². The second kappa shape index (κ2) is 5.99. The number of hydrogen-bond acceptors (Lipinski definition) is 3. The fourth-order valence-corrected chi connectivity index (χ4v) is 0.220. The molecule has 0 N–H and O–H groups in total. The molecule has 0 amide bonds. The molecule has 0 atom stereocenters. The summed E-state index contributed by atoms with van der Waals surface area (Å²) >= 11 is 0. The van der Waals surface area contributed by atoms with Crippen LogP contribution in [0.1, 0.15) is 6.92 Å². The van der Waals surface area contributed by atoms with Gasteiger partial charge in [-0.05, 0) is 6.92 Å². The molecular weight excluding hydrogens is 197 g/mol. The molecule has 0 aromatic heterocycles. The van der Waals surface area contributed by atoms with E-state index in [9.17, 15) is 9.59 Å². The van der Waals surface area contributed by atoms with Crippen molar-refractivity contribution in [1.29, 1.82) is 0 Å². The van der Waals surface area contributed by atoms with Gasteiger partial charge in [-0.15, -0.1) is 0 Å². The minimum atomic E-state index is -0.756. The molecule has 0 fully saturated rings. The van der Waals surface area contributed by atoms with Gasteiger partial charge in [-0.25, -0.2) is 9.59 Å². The molecule has 11 heavy (non-hydrogen) atoms. The predicted octanol–water partition coefficient (Wildman–Crippen LogP) is 0.816. The summed E-state index contributed by atoms with van der Waals surface area (Å²) in [5, 5.41) is 0. The van der Waals surface area contributed by atoms with Crippen molar-refractivity contribution in [2.75, 3.05) is 0 Å². The molecule has 0 rings (SSSR count). The molecule has 0 aromatic carbocycles. The van der Waals surface area contributed by atoms with Crippen molar-refractivity contribution in [2.45, 2.75) is 6.92 Å². The van der Waals surface area contributed by atoms with Gasteiger partial charge >= 0.3 is 11.9 Å². The molecule has 3 nitrogen and oxygen atoms in total. The van der Waals surface area contributed by atoms with Gasteiger partial charge < -0.3 is 4.74 Å². The van der Waals surface area contributed by atoms with Crippen LogP contribution < -0.4 is 0 Å². The second-order valence-corrected chi connectivity index (χ2v) is 1.69. The molecule has 0 radical (unpaired) electrons. The Morgan fingerprint density at radius 2 is 1.91 bits per heavy atom. The molecule has 0 saturated heterocycles. The van der Waals surface area contributed by atoms with Gasteiger partial charge in [0, 0.05) is 31.1 Å². The zero-order valence-corrected chi connectivity index (χ0v) is 9.39. The van der Waals surface area contributed by atoms with Gasteiger partial charge in [0.15, 0.2) is 0 Å². The quantitative estimate of drug-likeness (QED) is 0.290. The van der Waals surface area contributed by atoms with Crippen molar-refractivity contribution in [2.24, 2.45) is 0 Å². The van der Waals surface area contributed by atoms with Crippen molar-refractivity contribution in [1.82, 2.24) is 0 Å². The van der Waals surface area contributed by atoms with Crippen LogP contribution in [0, 0.1) is 0 Å². The molecule has 56 valence electrons. The fourth-order valence-electron chi connectivity index (χ4n) is 0.220. The standard InChI is InChI=1S/C7H8O3.Zn/c1-4-6(8)10-7(9)5(2)3;/h4H,1-2H2,3H3;. The Balaban J connectivity index is 0. The van der Waals surface area contributed by atoms with E-state index in [1.54, 1.807) is 0 Å². The van der Waals surface area contributed by atoms with E-state index in [4.69, 9.17) is 0 Å². The van der Waals surface area contributed by atoms with Gasteiger partial charge in [-0.1, -0.05) is 13.2 Å². The summed E-state index contributed by atoms with van der Waals surface area (Å²) in [7, 11) is 0. The summed E-state index contributed by atoms with van der Waals surface area (Å²) in [5.74, 6) is -1.47. The smallest absolute Gasteiger partial charge is 0.340 e. The summed E-state index contributed by atoms with van der Waals surface area (Å²) < 4.78 is 4.17. The maximum Gasteiger partial charge on any atom is 0.340 e. The Hall–Kier alpha value is -0.757. The molecule has 4 heteroatoms. The van der Waals surface area contributed by atoms with Gasteiger partial charge in [-0.3, -0.25) is 0 Å². The average Bonchev–Trinajstić information content (AvgIpc) is 1.87. The Bertz CT molecular complexity index is 196. The number of hydrogen-bond donors (Lipinski definition) is 0. The predicted molar refractivity (Wildman–Crippen MR) is 36.1 cm³/mol.